The number of unbranched alkanes of at least 4 members (excludes halogenated alkanes) is 4. The van der Waals surface area contributed by atoms with Gasteiger partial charge >= 0.3 is 0 Å². The van der Waals surface area contributed by atoms with Crippen LogP contribution >= 0.6 is 0 Å². The molecule has 0 saturated heterocycles. The minimum Gasteiger partial charge on any atom is -0.370 e. The van der Waals surface area contributed by atoms with Crippen LogP contribution in [0.4, 0.5) is 0 Å². The summed E-state index contributed by atoms with van der Waals surface area (Å²) in [5.74, 6) is -0.684. The Bertz CT molecular complexity index is 512. The molecule has 22 heavy (non-hydrogen) atoms. The van der Waals surface area contributed by atoms with Gasteiger partial charge in [0, 0.05) is 6.42 Å². The van der Waals surface area contributed by atoms with Crippen LogP contribution in [0.2, 0.25) is 0 Å². The summed E-state index contributed by atoms with van der Waals surface area (Å²) < 4.78 is 0. The molecule has 0 bridgehead atoms. The van der Waals surface area contributed by atoms with Gasteiger partial charge in [0.15, 0.2) is 0 Å². The fraction of sp³-hybridized carbons (Fsp3) is 0.556. The van der Waals surface area contributed by atoms with Crippen molar-refractivity contribution < 1.29 is 9.59 Å². The maximum Gasteiger partial charge on any atom is 0.224 e. The number of primary amides is 2. The van der Waals surface area contributed by atoms with Gasteiger partial charge in [0.05, 0.1) is 5.92 Å². The van der Waals surface area contributed by atoms with Crippen LogP contribution < -0.4 is 11.5 Å². The second kappa shape index (κ2) is 9.23. The molecule has 1 aromatic carbocycles. The number of carbonyl (C=O) groups is 2. The lowest BCUT2D eigenvalue weighted by molar-refractivity contribution is -0.120. The number of amides is 2. The minimum absolute atomic E-state index is 0.203. The third-order valence-electron chi connectivity index (χ3n) is 4.07. The SMILES string of the molecule is Cc1ccc(C)c(C(CCCCCCCC(N)=O)C(N)=O)c1. The topological polar surface area (TPSA) is 86.2 Å². The minimum atomic E-state index is -0.248. The van der Waals surface area contributed by atoms with E-state index in [0.29, 0.717) is 6.42 Å². The molecule has 4 heteroatoms. The first kappa shape index (κ1) is 18.2. The molecule has 0 spiro atoms. The zero-order valence-electron chi connectivity index (χ0n) is 13.7. The average Bonchev–Trinajstić information content (AvgIpc) is 2.44. The van der Waals surface area contributed by atoms with E-state index in [-0.39, 0.29) is 17.7 Å². The Kier molecular flexibility index (Phi) is 7.64. The molecule has 0 heterocycles. The number of aryl methyl sites for hydroxylation is 2. The third kappa shape index (κ3) is 6.29. The Morgan fingerprint density at radius 1 is 1.00 bits per heavy atom. The Morgan fingerprint density at radius 2 is 1.64 bits per heavy atom. The summed E-state index contributed by atoms with van der Waals surface area (Å²) in [7, 11) is 0. The van der Waals surface area contributed by atoms with Gasteiger partial charge in [-0.05, 0) is 37.8 Å². The van der Waals surface area contributed by atoms with E-state index in [1.165, 1.54) is 0 Å². The molecule has 1 unspecified atom stereocenters. The fourth-order valence-corrected chi connectivity index (χ4v) is 2.76. The molecule has 4 N–H and O–H groups in total. The maximum absolute atomic E-state index is 11.8. The van der Waals surface area contributed by atoms with Crippen molar-refractivity contribution in [3.63, 3.8) is 0 Å². The summed E-state index contributed by atoms with van der Waals surface area (Å²) in [6.45, 7) is 4.05. The summed E-state index contributed by atoms with van der Waals surface area (Å²) in [5, 5.41) is 0. The normalized spacial score (nSPS) is 12.1. The van der Waals surface area contributed by atoms with E-state index >= 15 is 0 Å². The number of hydrogen-bond acceptors (Lipinski definition) is 2. The van der Waals surface area contributed by atoms with Crippen LogP contribution in [0.1, 0.15) is 67.6 Å². The lowest BCUT2D eigenvalue weighted by atomic mass is 9.88. The van der Waals surface area contributed by atoms with Crippen LogP contribution in [0, 0.1) is 13.8 Å². The van der Waals surface area contributed by atoms with Crippen molar-refractivity contribution in [1.82, 2.24) is 0 Å². The molecule has 1 atom stereocenters. The van der Waals surface area contributed by atoms with E-state index in [2.05, 4.69) is 12.1 Å². The lowest BCUT2D eigenvalue weighted by Gasteiger charge is -2.17. The molecule has 0 aliphatic carbocycles. The van der Waals surface area contributed by atoms with E-state index in [0.717, 1.165) is 55.2 Å². The zero-order chi connectivity index (χ0) is 16.5. The Hall–Kier alpha value is -1.84. The van der Waals surface area contributed by atoms with Crippen molar-refractivity contribution in [2.45, 2.75) is 64.7 Å². The largest absolute Gasteiger partial charge is 0.370 e. The Balaban J connectivity index is 2.44. The quantitative estimate of drug-likeness (QED) is 0.651. The molecule has 4 nitrogen and oxygen atoms in total. The maximum atomic E-state index is 11.8. The fourth-order valence-electron chi connectivity index (χ4n) is 2.76. The molecule has 1 aromatic rings. The van der Waals surface area contributed by atoms with E-state index in [9.17, 15) is 9.59 Å². The van der Waals surface area contributed by atoms with Crippen molar-refractivity contribution in [3.05, 3.63) is 34.9 Å². The van der Waals surface area contributed by atoms with Gasteiger partial charge in [0.1, 0.15) is 0 Å². The summed E-state index contributed by atoms with van der Waals surface area (Å²) in [4.78, 5) is 22.4. The Labute approximate surface area is 133 Å². The first-order chi connectivity index (χ1) is 10.4. The van der Waals surface area contributed by atoms with Crippen LogP contribution in [-0.2, 0) is 9.59 Å². The van der Waals surface area contributed by atoms with Gasteiger partial charge in [0.2, 0.25) is 11.8 Å². The van der Waals surface area contributed by atoms with Crippen molar-refractivity contribution in [1.29, 1.82) is 0 Å². The van der Waals surface area contributed by atoms with E-state index < -0.39 is 0 Å². The molecular formula is C18H28N2O2. The summed E-state index contributed by atoms with van der Waals surface area (Å²) >= 11 is 0. The first-order valence-electron chi connectivity index (χ1n) is 8.06. The highest BCUT2D eigenvalue weighted by Crippen LogP contribution is 2.26. The molecule has 1 rings (SSSR count). The molecule has 0 aliphatic heterocycles. The highest BCUT2D eigenvalue weighted by atomic mass is 16.1. The van der Waals surface area contributed by atoms with Crippen LogP contribution in [-0.4, -0.2) is 11.8 Å². The van der Waals surface area contributed by atoms with E-state index in [4.69, 9.17) is 11.5 Å². The van der Waals surface area contributed by atoms with Gasteiger partial charge < -0.3 is 11.5 Å². The predicted molar refractivity (Wildman–Crippen MR) is 89.4 cm³/mol. The van der Waals surface area contributed by atoms with Crippen LogP contribution in [0.25, 0.3) is 0 Å². The number of benzene rings is 1. The average molecular weight is 304 g/mol. The van der Waals surface area contributed by atoms with Crippen LogP contribution in [0.3, 0.4) is 0 Å². The number of rotatable bonds is 10. The van der Waals surface area contributed by atoms with Gasteiger partial charge in [0.25, 0.3) is 0 Å². The van der Waals surface area contributed by atoms with Gasteiger partial charge in [-0.3, -0.25) is 9.59 Å². The predicted octanol–water partition coefficient (Wildman–Crippen LogP) is 3.09. The van der Waals surface area contributed by atoms with Crippen molar-refractivity contribution in [2.75, 3.05) is 0 Å². The second-order valence-corrected chi connectivity index (χ2v) is 6.09. The van der Waals surface area contributed by atoms with E-state index in [1.807, 2.05) is 19.9 Å². The summed E-state index contributed by atoms with van der Waals surface area (Å²) in [5.41, 5.74) is 14.0. The zero-order valence-corrected chi connectivity index (χ0v) is 13.7. The second-order valence-electron chi connectivity index (χ2n) is 6.09. The van der Waals surface area contributed by atoms with E-state index in [1.54, 1.807) is 0 Å². The molecule has 0 aliphatic rings. The summed E-state index contributed by atoms with van der Waals surface area (Å²) in [6.07, 6.45) is 6.19. The molecule has 0 fully saturated rings. The van der Waals surface area contributed by atoms with Crippen LogP contribution in [0.15, 0.2) is 18.2 Å². The number of carbonyl (C=O) groups excluding carboxylic acids is 2. The van der Waals surface area contributed by atoms with Gasteiger partial charge in [-0.15, -0.1) is 0 Å². The molecule has 122 valence electrons. The molecule has 0 aromatic heterocycles. The molecule has 0 saturated carbocycles. The summed E-state index contributed by atoms with van der Waals surface area (Å²) in [6, 6.07) is 6.16. The monoisotopic (exact) mass is 304 g/mol. The smallest absolute Gasteiger partial charge is 0.224 e. The van der Waals surface area contributed by atoms with Gasteiger partial charge in [-0.1, -0.05) is 49.4 Å². The standard InChI is InChI=1S/C18H28N2O2/c1-13-10-11-14(2)16(12-13)15(18(20)22)8-6-4-3-5-7-9-17(19)21/h10-12,15H,3-9H2,1-2H3,(H2,19,21)(H2,20,22). The molecule has 2 amide bonds. The highest BCUT2D eigenvalue weighted by molar-refractivity contribution is 5.82. The third-order valence-corrected chi connectivity index (χ3v) is 4.07. The van der Waals surface area contributed by atoms with Crippen molar-refractivity contribution >= 4 is 11.8 Å². The Morgan fingerprint density at radius 3 is 2.27 bits per heavy atom. The molecular weight excluding hydrogens is 276 g/mol. The van der Waals surface area contributed by atoms with Gasteiger partial charge in [-0.2, -0.15) is 0 Å². The number of nitrogens with two attached hydrogens (primary N) is 2. The van der Waals surface area contributed by atoms with Gasteiger partial charge in [-0.25, -0.2) is 0 Å². The molecule has 0 radical (unpaired) electrons. The first-order valence-corrected chi connectivity index (χ1v) is 8.06. The van der Waals surface area contributed by atoms with Crippen molar-refractivity contribution in [3.8, 4) is 0 Å². The van der Waals surface area contributed by atoms with Crippen molar-refractivity contribution in [2.24, 2.45) is 11.5 Å². The number of hydrogen-bond donors (Lipinski definition) is 2. The van der Waals surface area contributed by atoms with Crippen LogP contribution in [0.5, 0.6) is 0 Å². The lowest BCUT2D eigenvalue weighted by Crippen LogP contribution is -2.22. The highest BCUT2D eigenvalue weighted by Gasteiger charge is 2.19.